The molecule has 0 radical (unpaired) electrons. The summed E-state index contributed by atoms with van der Waals surface area (Å²) in [6.07, 6.45) is 1.63. The maximum atomic E-state index is 8.96. The van der Waals surface area contributed by atoms with Gasteiger partial charge in [0.25, 0.3) is 0 Å². The second kappa shape index (κ2) is 2.99. The second-order valence-electron chi connectivity index (χ2n) is 2.49. The largest absolute Gasteiger partial charge is 0.492 e. The molecule has 7 heteroatoms. The standard InChI is InChI=1S/C6H5BClN3O2/c8-6-9-5-4(7(12)13)2-1-3-11(5)10-6/h1-3,12-13H. The predicted octanol–water partition coefficient (Wildman–Crippen LogP) is -0.938. The average molecular weight is 197 g/mol. The lowest BCUT2D eigenvalue weighted by Gasteiger charge is -1.98. The summed E-state index contributed by atoms with van der Waals surface area (Å²) in [4.78, 5) is 3.83. The lowest BCUT2D eigenvalue weighted by molar-refractivity contribution is 0.426. The number of hydrogen-bond donors (Lipinski definition) is 2. The van der Waals surface area contributed by atoms with Crippen molar-refractivity contribution in [1.29, 1.82) is 0 Å². The van der Waals surface area contributed by atoms with Gasteiger partial charge in [-0.1, -0.05) is 6.07 Å². The smallest absolute Gasteiger partial charge is 0.423 e. The van der Waals surface area contributed by atoms with Crippen LogP contribution in [-0.2, 0) is 0 Å². The van der Waals surface area contributed by atoms with Crippen LogP contribution in [0.25, 0.3) is 5.65 Å². The first-order chi connectivity index (χ1) is 6.18. The van der Waals surface area contributed by atoms with E-state index < -0.39 is 7.12 Å². The van der Waals surface area contributed by atoms with Crippen molar-refractivity contribution in [2.75, 3.05) is 0 Å². The highest BCUT2D eigenvalue weighted by molar-refractivity contribution is 6.60. The Hall–Kier alpha value is -1.11. The van der Waals surface area contributed by atoms with Gasteiger partial charge in [0, 0.05) is 11.7 Å². The van der Waals surface area contributed by atoms with E-state index in [2.05, 4.69) is 10.1 Å². The molecule has 0 aliphatic carbocycles. The molecule has 0 saturated carbocycles. The van der Waals surface area contributed by atoms with Gasteiger partial charge in [-0.05, 0) is 17.7 Å². The Bertz CT molecular complexity index is 444. The first-order valence-electron chi connectivity index (χ1n) is 3.55. The number of aromatic nitrogens is 3. The third kappa shape index (κ3) is 1.39. The van der Waals surface area contributed by atoms with Crippen LogP contribution in [0.15, 0.2) is 18.3 Å². The molecular weight excluding hydrogens is 192 g/mol. The average Bonchev–Trinajstić information content (AvgIpc) is 2.43. The van der Waals surface area contributed by atoms with Crippen molar-refractivity contribution in [2.45, 2.75) is 0 Å². The van der Waals surface area contributed by atoms with E-state index in [9.17, 15) is 0 Å². The number of halogens is 1. The number of nitrogens with zero attached hydrogens (tertiary/aromatic N) is 3. The zero-order valence-electron chi connectivity index (χ0n) is 6.42. The molecule has 2 heterocycles. The molecule has 0 aromatic carbocycles. The Balaban J connectivity index is 2.75. The molecular formula is C6H5BClN3O2. The van der Waals surface area contributed by atoms with Crippen molar-refractivity contribution in [3.63, 3.8) is 0 Å². The molecule has 0 amide bonds. The summed E-state index contributed by atoms with van der Waals surface area (Å²) >= 11 is 5.55. The van der Waals surface area contributed by atoms with Crippen molar-refractivity contribution < 1.29 is 10.0 Å². The molecule has 0 bridgehead atoms. The van der Waals surface area contributed by atoms with Gasteiger partial charge in [-0.3, -0.25) is 0 Å². The fourth-order valence-corrected chi connectivity index (χ4v) is 1.26. The molecule has 2 aromatic heterocycles. The molecule has 0 unspecified atom stereocenters. The van der Waals surface area contributed by atoms with Crippen molar-refractivity contribution >= 4 is 29.8 Å². The van der Waals surface area contributed by atoms with Crippen LogP contribution in [-0.4, -0.2) is 31.8 Å². The summed E-state index contributed by atoms with van der Waals surface area (Å²) in [6, 6.07) is 3.18. The van der Waals surface area contributed by atoms with Gasteiger partial charge >= 0.3 is 7.12 Å². The van der Waals surface area contributed by atoms with Crippen molar-refractivity contribution in [1.82, 2.24) is 14.6 Å². The van der Waals surface area contributed by atoms with Gasteiger partial charge in [0.05, 0.1) is 0 Å². The van der Waals surface area contributed by atoms with Gasteiger partial charge < -0.3 is 10.0 Å². The topological polar surface area (TPSA) is 70.7 Å². The summed E-state index contributed by atoms with van der Waals surface area (Å²) in [5.74, 6) is 0. The van der Waals surface area contributed by atoms with Crippen LogP contribution in [0.5, 0.6) is 0 Å². The van der Waals surface area contributed by atoms with Crippen molar-refractivity contribution in [2.24, 2.45) is 0 Å². The zero-order chi connectivity index (χ0) is 9.42. The van der Waals surface area contributed by atoms with E-state index in [-0.39, 0.29) is 10.7 Å². The molecule has 0 fully saturated rings. The molecule has 2 rings (SSSR count). The maximum absolute atomic E-state index is 8.96. The van der Waals surface area contributed by atoms with Crippen LogP contribution in [0.1, 0.15) is 0 Å². The molecule has 0 atom stereocenters. The Morgan fingerprint density at radius 3 is 2.92 bits per heavy atom. The zero-order valence-corrected chi connectivity index (χ0v) is 7.18. The van der Waals surface area contributed by atoms with Crippen LogP contribution in [0.4, 0.5) is 0 Å². The molecule has 66 valence electrons. The molecule has 5 nitrogen and oxygen atoms in total. The molecule has 0 aliphatic rings. The van der Waals surface area contributed by atoms with E-state index in [1.165, 1.54) is 4.52 Å². The molecule has 2 N–H and O–H groups in total. The quantitative estimate of drug-likeness (QED) is 0.579. The SMILES string of the molecule is OB(O)c1cccn2nc(Cl)nc12. The minimum atomic E-state index is -1.57. The van der Waals surface area contributed by atoms with E-state index >= 15 is 0 Å². The lowest BCUT2D eigenvalue weighted by Crippen LogP contribution is -2.31. The van der Waals surface area contributed by atoms with Gasteiger partial charge in [-0.25, -0.2) is 4.52 Å². The van der Waals surface area contributed by atoms with E-state index in [1.807, 2.05) is 0 Å². The number of rotatable bonds is 1. The molecule has 0 spiro atoms. The fraction of sp³-hybridized carbons (Fsp3) is 0. The second-order valence-corrected chi connectivity index (χ2v) is 2.82. The maximum Gasteiger partial charge on any atom is 0.492 e. The summed E-state index contributed by atoms with van der Waals surface area (Å²) in [5, 5.41) is 21.8. The molecule has 0 aliphatic heterocycles. The minimum absolute atomic E-state index is 0.0769. The highest BCUT2D eigenvalue weighted by Crippen LogP contribution is 2.03. The number of hydrogen-bond acceptors (Lipinski definition) is 4. The number of fused-ring (bicyclic) bond motifs is 1. The van der Waals surface area contributed by atoms with Gasteiger partial charge in [0.2, 0.25) is 5.28 Å². The van der Waals surface area contributed by atoms with E-state index in [0.29, 0.717) is 5.65 Å². The Kier molecular flexibility index (Phi) is 1.95. The summed E-state index contributed by atoms with van der Waals surface area (Å²) in [7, 11) is -1.57. The van der Waals surface area contributed by atoms with Gasteiger partial charge in [-0.2, -0.15) is 4.98 Å². The number of pyridine rings is 1. The minimum Gasteiger partial charge on any atom is -0.423 e. The Labute approximate surface area is 78.7 Å². The van der Waals surface area contributed by atoms with Gasteiger partial charge in [0.15, 0.2) is 5.65 Å². The van der Waals surface area contributed by atoms with Crippen LogP contribution < -0.4 is 5.46 Å². The summed E-state index contributed by atoms with van der Waals surface area (Å²) < 4.78 is 1.39. The lowest BCUT2D eigenvalue weighted by atomic mass is 9.81. The van der Waals surface area contributed by atoms with E-state index in [0.717, 1.165) is 0 Å². The normalized spacial score (nSPS) is 10.7. The summed E-state index contributed by atoms with van der Waals surface area (Å²) in [5.41, 5.74) is 0.629. The van der Waals surface area contributed by atoms with Crippen LogP contribution in [0.3, 0.4) is 0 Å². The third-order valence-electron chi connectivity index (χ3n) is 1.64. The fourth-order valence-electron chi connectivity index (χ4n) is 1.10. The monoisotopic (exact) mass is 197 g/mol. The van der Waals surface area contributed by atoms with Crippen LogP contribution in [0.2, 0.25) is 5.28 Å². The first-order valence-corrected chi connectivity index (χ1v) is 3.93. The first kappa shape index (κ1) is 8.49. The molecule has 13 heavy (non-hydrogen) atoms. The summed E-state index contributed by atoms with van der Waals surface area (Å²) in [6.45, 7) is 0. The Morgan fingerprint density at radius 2 is 2.23 bits per heavy atom. The van der Waals surface area contributed by atoms with E-state index in [4.69, 9.17) is 21.6 Å². The van der Waals surface area contributed by atoms with E-state index in [1.54, 1.807) is 18.3 Å². The molecule has 0 saturated heterocycles. The van der Waals surface area contributed by atoms with Gasteiger partial charge in [-0.15, -0.1) is 5.10 Å². The highest BCUT2D eigenvalue weighted by atomic mass is 35.5. The van der Waals surface area contributed by atoms with Crippen LogP contribution >= 0.6 is 11.6 Å². The van der Waals surface area contributed by atoms with Crippen LogP contribution in [0, 0.1) is 0 Å². The predicted molar refractivity (Wildman–Crippen MR) is 47.8 cm³/mol. The van der Waals surface area contributed by atoms with Crippen molar-refractivity contribution in [3.8, 4) is 0 Å². The highest BCUT2D eigenvalue weighted by Gasteiger charge is 2.16. The molecule has 2 aromatic rings. The Morgan fingerprint density at radius 1 is 1.46 bits per heavy atom. The van der Waals surface area contributed by atoms with Crippen molar-refractivity contribution in [3.05, 3.63) is 23.6 Å². The third-order valence-corrected chi connectivity index (χ3v) is 1.80. The van der Waals surface area contributed by atoms with Gasteiger partial charge in [0.1, 0.15) is 0 Å².